The Kier molecular flexibility index (Phi) is 7.16. The van der Waals surface area contributed by atoms with E-state index in [4.69, 9.17) is 9.47 Å². The van der Waals surface area contributed by atoms with Crippen LogP contribution in [-0.2, 0) is 10.0 Å². The number of carbonyl (C=O) groups excluding carboxylic acids is 1. The second kappa shape index (κ2) is 10.2. The molecule has 2 aromatic carbocycles. The molecule has 0 aliphatic carbocycles. The number of nitrogens with zero attached hydrogens (tertiary/aromatic N) is 1. The molecule has 1 saturated heterocycles. The molecule has 2 heterocycles. The smallest absolute Gasteiger partial charge is 0.262 e. The van der Waals surface area contributed by atoms with E-state index >= 15 is 0 Å². The molecule has 0 bridgehead atoms. The van der Waals surface area contributed by atoms with Crippen molar-refractivity contribution in [1.82, 2.24) is 10.2 Å². The largest absolute Gasteiger partial charge is 0.486 e. The van der Waals surface area contributed by atoms with Gasteiger partial charge < -0.3 is 19.7 Å². The Morgan fingerprint density at radius 3 is 2.41 bits per heavy atom. The highest BCUT2D eigenvalue weighted by Gasteiger charge is 2.19. The van der Waals surface area contributed by atoms with E-state index in [1.165, 1.54) is 31.4 Å². The number of hydrogen-bond donors (Lipinski definition) is 2. The molecule has 1 fully saturated rings. The van der Waals surface area contributed by atoms with Gasteiger partial charge in [-0.05, 0) is 75.3 Å². The maximum absolute atomic E-state index is 12.7. The zero-order chi connectivity index (χ0) is 22.4. The maximum Gasteiger partial charge on any atom is 0.262 e. The summed E-state index contributed by atoms with van der Waals surface area (Å²) in [4.78, 5) is 14.9. The number of nitrogens with one attached hydrogen (secondary N) is 2. The van der Waals surface area contributed by atoms with E-state index in [9.17, 15) is 13.2 Å². The highest BCUT2D eigenvalue weighted by Crippen LogP contribution is 2.32. The van der Waals surface area contributed by atoms with Crippen LogP contribution in [0.3, 0.4) is 0 Å². The Hall–Kier alpha value is -2.78. The van der Waals surface area contributed by atoms with Gasteiger partial charge in [-0.1, -0.05) is 6.42 Å². The number of sulfonamides is 1. The number of ether oxygens (including phenoxy) is 2. The van der Waals surface area contributed by atoms with Gasteiger partial charge in [-0.3, -0.25) is 9.52 Å². The molecule has 0 atom stereocenters. The van der Waals surface area contributed by atoms with Gasteiger partial charge in [0.1, 0.15) is 13.2 Å². The van der Waals surface area contributed by atoms with E-state index in [0.717, 1.165) is 26.1 Å². The van der Waals surface area contributed by atoms with Crippen LogP contribution < -0.4 is 19.5 Å². The number of piperidine rings is 1. The van der Waals surface area contributed by atoms with Crippen molar-refractivity contribution in [2.24, 2.45) is 0 Å². The van der Waals surface area contributed by atoms with E-state index in [2.05, 4.69) is 14.9 Å². The Balaban J connectivity index is 1.29. The zero-order valence-corrected chi connectivity index (χ0v) is 18.8. The number of rotatable bonds is 8. The van der Waals surface area contributed by atoms with Crippen molar-refractivity contribution in [2.45, 2.75) is 30.6 Å². The predicted octanol–water partition coefficient (Wildman–Crippen LogP) is 2.86. The number of likely N-dealkylation sites (tertiary alicyclic amines) is 1. The first-order chi connectivity index (χ1) is 15.5. The number of benzene rings is 2. The van der Waals surface area contributed by atoms with Gasteiger partial charge >= 0.3 is 0 Å². The summed E-state index contributed by atoms with van der Waals surface area (Å²) < 4.78 is 38.9. The summed E-state index contributed by atoms with van der Waals surface area (Å²) in [6.45, 7) is 4.74. The second-order valence-electron chi connectivity index (χ2n) is 8.00. The lowest BCUT2D eigenvalue weighted by molar-refractivity contribution is 0.0951. The first kappa shape index (κ1) is 22.4. The number of fused-ring (bicyclic) bond motifs is 1. The predicted molar refractivity (Wildman–Crippen MR) is 122 cm³/mol. The van der Waals surface area contributed by atoms with Crippen LogP contribution in [0.1, 0.15) is 36.0 Å². The molecule has 0 unspecified atom stereocenters. The molecule has 2 N–H and O–H groups in total. The van der Waals surface area contributed by atoms with Gasteiger partial charge in [0.05, 0.1) is 4.90 Å². The van der Waals surface area contributed by atoms with E-state index in [-0.39, 0.29) is 10.8 Å². The summed E-state index contributed by atoms with van der Waals surface area (Å²) in [7, 11) is -3.80. The minimum Gasteiger partial charge on any atom is -0.486 e. The van der Waals surface area contributed by atoms with Gasteiger partial charge in [0.25, 0.3) is 15.9 Å². The van der Waals surface area contributed by atoms with Crippen LogP contribution in [-0.4, -0.2) is 58.6 Å². The first-order valence-electron chi connectivity index (χ1n) is 11.0. The van der Waals surface area contributed by atoms with Gasteiger partial charge in [-0.25, -0.2) is 8.42 Å². The Morgan fingerprint density at radius 2 is 1.66 bits per heavy atom. The minimum absolute atomic E-state index is 0.0808. The third-order valence-corrected chi connectivity index (χ3v) is 6.99. The molecule has 0 radical (unpaired) electrons. The Morgan fingerprint density at radius 1 is 0.938 bits per heavy atom. The Bertz CT molecular complexity index is 1030. The van der Waals surface area contributed by atoms with Crippen molar-refractivity contribution in [1.29, 1.82) is 0 Å². The van der Waals surface area contributed by atoms with Crippen LogP contribution in [0.25, 0.3) is 0 Å². The molecule has 0 aromatic heterocycles. The van der Waals surface area contributed by atoms with Gasteiger partial charge in [-0.2, -0.15) is 0 Å². The molecule has 4 rings (SSSR count). The third kappa shape index (κ3) is 5.72. The van der Waals surface area contributed by atoms with Crippen LogP contribution in [0.5, 0.6) is 11.5 Å². The third-order valence-electron chi connectivity index (χ3n) is 5.61. The SMILES string of the molecule is O=C(NCCCN1CCCCC1)c1ccc(NS(=O)(=O)c2ccc3c(c2)OCCO3)cc1. The lowest BCUT2D eigenvalue weighted by atomic mass is 10.1. The zero-order valence-electron chi connectivity index (χ0n) is 18.0. The average Bonchev–Trinajstić information content (AvgIpc) is 2.82. The Labute approximate surface area is 189 Å². The van der Waals surface area contributed by atoms with Gasteiger partial charge in [0.2, 0.25) is 0 Å². The van der Waals surface area contributed by atoms with Crippen molar-refractivity contribution in [2.75, 3.05) is 44.1 Å². The van der Waals surface area contributed by atoms with Crippen LogP contribution in [0, 0.1) is 0 Å². The summed E-state index contributed by atoms with van der Waals surface area (Å²) in [6, 6.07) is 10.9. The highest BCUT2D eigenvalue weighted by molar-refractivity contribution is 7.92. The van der Waals surface area contributed by atoms with E-state index in [1.54, 1.807) is 30.3 Å². The summed E-state index contributed by atoms with van der Waals surface area (Å²) in [5, 5.41) is 2.93. The fourth-order valence-corrected chi connectivity index (χ4v) is 4.96. The summed E-state index contributed by atoms with van der Waals surface area (Å²) in [6.07, 6.45) is 4.75. The number of hydrogen-bond acceptors (Lipinski definition) is 6. The lowest BCUT2D eigenvalue weighted by Crippen LogP contribution is -2.33. The molecule has 2 aliphatic heterocycles. The molecule has 2 aliphatic rings. The number of amides is 1. The first-order valence-corrected chi connectivity index (χ1v) is 12.5. The molecule has 0 spiro atoms. The molecular weight excluding hydrogens is 430 g/mol. The molecule has 2 aromatic rings. The summed E-state index contributed by atoms with van der Waals surface area (Å²) >= 11 is 0. The van der Waals surface area contributed by atoms with Crippen molar-refractivity contribution < 1.29 is 22.7 Å². The average molecular weight is 460 g/mol. The molecular formula is C23H29N3O5S. The van der Waals surface area contributed by atoms with Crippen LogP contribution >= 0.6 is 0 Å². The van der Waals surface area contributed by atoms with Crippen molar-refractivity contribution >= 4 is 21.6 Å². The van der Waals surface area contributed by atoms with Crippen LogP contribution in [0.2, 0.25) is 0 Å². The highest BCUT2D eigenvalue weighted by atomic mass is 32.2. The van der Waals surface area contributed by atoms with E-state index in [0.29, 0.717) is 42.5 Å². The molecule has 172 valence electrons. The number of carbonyl (C=O) groups is 1. The monoisotopic (exact) mass is 459 g/mol. The van der Waals surface area contributed by atoms with Crippen molar-refractivity contribution in [3.8, 4) is 11.5 Å². The van der Waals surface area contributed by atoms with Crippen LogP contribution in [0.15, 0.2) is 47.4 Å². The molecule has 32 heavy (non-hydrogen) atoms. The molecule has 8 nitrogen and oxygen atoms in total. The van der Waals surface area contributed by atoms with Gasteiger partial charge in [0.15, 0.2) is 11.5 Å². The van der Waals surface area contributed by atoms with Gasteiger partial charge in [0, 0.05) is 23.9 Å². The summed E-state index contributed by atoms with van der Waals surface area (Å²) in [5.74, 6) is 0.776. The number of anilines is 1. The standard InChI is InChI=1S/C23H29N3O5S/c27-23(24-11-4-14-26-12-2-1-3-13-26)18-5-7-19(8-6-18)25-32(28,29)20-9-10-21-22(17-20)31-16-15-30-21/h5-10,17,25H,1-4,11-16H2,(H,24,27). The topological polar surface area (TPSA) is 97.0 Å². The fraction of sp³-hybridized carbons (Fsp3) is 0.435. The maximum atomic E-state index is 12.7. The summed E-state index contributed by atoms with van der Waals surface area (Å²) in [5.41, 5.74) is 0.867. The minimum atomic E-state index is -3.80. The normalized spacial score (nSPS) is 16.4. The molecule has 9 heteroatoms. The molecule has 1 amide bonds. The van der Waals surface area contributed by atoms with Gasteiger partial charge in [-0.15, -0.1) is 0 Å². The lowest BCUT2D eigenvalue weighted by Gasteiger charge is -2.26. The van der Waals surface area contributed by atoms with Crippen molar-refractivity contribution in [3.05, 3.63) is 48.0 Å². The van der Waals surface area contributed by atoms with E-state index in [1.807, 2.05) is 0 Å². The molecule has 0 saturated carbocycles. The quantitative estimate of drug-likeness (QED) is 0.590. The van der Waals surface area contributed by atoms with Crippen molar-refractivity contribution in [3.63, 3.8) is 0 Å². The fourth-order valence-electron chi connectivity index (χ4n) is 3.88. The van der Waals surface area contributed by atoms with Crippen LogP contribution in [0.4, 0.5) is 5.69 Å². The van der Waals surface area contributed by atoms with E-state index < -0.39 is 10.0 Å². The second-order valence-corrected chi connectivity index (χ2v) is 9.68.